The third-order valence-corrected chi connectivity index (χ3v) is 1.64. The normalized spacial score (nSPS) is 9.71. The van der Waals surface area contributed by atoms with Gasteiger partial charge in [0.05, 0.1) is 4.92 Å². The van der Waals surface area contributed by atoms with E-state index in [0.717, 1.165) is 0 Å². The molecular formula is C6H4AgN4O3+. The minimum Gasteiger partial charge on any atom is -0.506 e. The molecule has 76 valence electrons. The van der Waals surface area contributed by atoms with Crippen molar-refractivity contribution in [2.75, 3.05) is 0 Å². The summed E-state index contributed by atoms with van der Waals surface area (Å²) >= 11 is 0. The average molecular weight is 288 g/mol. The van der Waals surface area contributed by atoms with E-state index >= 15 is 0 Å². The summed E-state index contributed by atoms with van der Waals surface area (Å²) in [6.07, 6.45) is 0. The van der Waals surface area contributed by atoms with Crippen LogP contribution in [0.15, 0.2) is 12.1 Å². The Kier molecular flexibility index (Phi) is 2.84. The first-order chi connectivity index (χ1) is 6.20. The zero-order valence-electron chi connectivity index (χ0n) is 6.56. The van der Waals surface area contributed by atoms with Crippen molar-refractivity contribution in [2.24, 2.45) is 0 Å². The first-order valence-corrected chi connectivity index (χ1v) is 3.37. The van der Waals surface area contributed by atoms with Gasteiger partial charge in [-0.25, -0.2) is 0 Å². The van der Waals surface area contributed by atoms with Crippen molar-refractivity contribution in [3.8, 4) is 5.75 Å². The number of aromatic amines is 1. The summed E-state index contributed by atoms with van der Waals surface area (Å²) in [5, 5.41) is 28.9. The van der Waals surface area contributed by atoms with Crippen LogP contribution in [0, 0.1) is 10.1 Å². The van der Waals surface area contributed by atoms with Crippen LogP contribution >= 0.6 is 0 Å². The molecule has 1 aromatic carbocycles. The number of fused-ring (bicyclic) bond motifs is 1. The summed E-state index contributed by atoms with van der Waals surface area (Å²) < 4.78 is 0. The van der Waals surface area contributed by atoms with Gasteiger partial charge in [0.15, 0.2) is 11.0 Å². The van der Waals surface area contributed by atoms with Gasteiger partial charge in [-0.3, -0.25) is 15.2 Å². The predicted octanol–water partition coefficient (Wildman–Crippen LogP) is 0.569. The van der Waals surface area contributed by atoms with Gasteiger partial charge in [0, 0.05) is 6.07 Å². The number of benzene rings is 1. The molecule has 8 heteroatoms. The predicted molar refractivity (Wildman–Crippen MR) is 42.2 cm³/mol. The van der Waals surface area contributed by atoms with Gasteiger partial charge in [0.1, 0.15) is 5.75 Å². The van der Waals surface area contributed by atoms with Crippen LogP contribution in [-0.2, 0) is 22.4 Å². The monoisotopic (exact) mass is 287 g/mol. The van der Waals surface area contributed by atoms with Crippen LogP contribution in [-0.4, -0.2) is 25.4 Å². The molecular weight excluding hydrogens is 284 g/mol. The summed E-state index contributed by atoms with van der Waals surface area (Å²) in [5.41, 5.74) is 0.0806. The molecule has 14 heavy (non-hydrogen) atoms. The number of nitro benzene ring substituents is 1. The third-order valence-electron chi connectivity index (χ3n) is 1.64. The molecule has 0 fully saturated rings. The summed E-state index contributed by atoms with van der Waals surface area (Å²) in [6.45, 7) is 0. The maximum atomic E-state index is 10.5. The fourth-order valence-corrected chi connectivity index (χ4v) is 1.06. The van der Waals surface area contributed by atoms with Gasteiger partial charge in [-0.15, -0.1) is 5.10 Å². The number of hydrogen-bond donors (Lipinski definition) is 2. The van der Waals surface area contributed by atoms with E-state index in [9.17, 15) is 15.2 Å². The van der Waals surface area contributed by atoms with Gasteiger partial charge in [-0.2, -0.15) is 0 Å². The molecule has 0 bridgehead atoms. The van der Waals surface area contributed by atoms with E-state index in [0.29, 0.717) is 0 Å². The van der Waals surface area contributed by atoms with Gasteiger partial charge in [0.2, 0.25) is 0 Å². The summed E-state index contributed by atoms with van der Waals surface area (Å²) in [7, 11) is 0. The second-order valence-electron chi connectivity index (χ2n) is 2.40. The molecule has 0 aliphatic carbocycles. The Morgan fingerprint density at radius 1 is 1.50 bits per heavy atom. The van der Waals surface area contributed by atoms with E-state index in [1.54, 1.807) is 0 Å². The van der Waals surface area contributed by atoms with Crippen LogP contribution in [0.3, 0.4) is 0 Å². The number of aromatic hydroxyl groups is 1. The zero-order valence-corrected chi connectivity index (χ0v) is 8.04. The molecule has 1 aromatic heterocycles. The molecule has 7 nitrogen and oxygen atoms in total. The standard InChI is InChI=1S/C6H4N4O3.Ag/c11-4-2-1-3(10(12)13)5-6(4)8-9-7-5;/h1-2,11H,(H,7,8,9);/q;+1. The van der Waals surface area contributed by atoms with Crippen LogP contribution in [0.25, 0.3) is 11.0 Å². The Hall–Kier alpha value is -1.44. The molecule has 0 unspecified atom stereocenters. The van der Waals surface area contributed by atoms with Crippen molar-refractivity contribution in [3.63, 3.8) is 0 Å². The van der Waals surface area contributed by atoms with E-state index in [1.165, 1.54) is 12.1 Å². The SMILES string of the molecule is O=[N+]([O-])c1ccc(O)c2nn[nH]c12.[Ag+]. The molecule has 0 saturated carbocycles. The number of phenolic OH excluding ortho intramolecular Hbond substituents is 1. The second-order valence-corrected chi connectivity index (χ2v) is 2.40. The zero-order chi connectivity index (χ0) is 9.42. The fourth-order valence-electron chi connectivity index (χ4n) is 1.06. The Morgan fingerprint density at radius 2 is 2.21 bits per heavy atom. The molecule has 0 aliphatic heterocycles. The van der Waals surface area contributed by atoms with Crippen LogP contribution in [0.4, 0.5) is 5.69 Å². The smallest absolute Gasteiger partial charge is 0.506 e. The molecule has 0 saturated heterocycles. The summed E-state index contributed by atoms with van der Waals surface area (Å²) in [4.78, 5) is 9.90. The maximum Gasteiger partial charge on any atom is 1.00 e. The quantitative estimate of drug-likeness (QED) is 0.453. The van der Waals surface area contributed by atoms with Gasteiger partial charge in [-0.1, -0.05) is 5.21 Å². The number of non-ortho nitro benzene ring substituents is 1. The van der Waals surface area contributed by atoms with Crippen molar-refractivity contribution in [1.82, 2.24) is 15.4 Å². The number of aromatic nitrogens is 3. The van der Waals surface area contributed by atoms with Crippen molar-refractivity contribution >= 4 is 16.7 Å². The van der Waals surface area contributed by atoms with Gasteiger partial charge >= 0.3 is 22.4 Å². The summed E-state index contributed by atoms with van der Waals surface area (Å²) in [6, 6.07) is 2.40. The fraction of sp³-hybridized carbons (Fsp3) is 0. The number of nitrogens with zero attached hydrogens (tertiary/aromatic N) is 3. The first-order valence-electron chi connectivity index (χ1n) is 3.37. The molecule has 0 aliphatic rings. The van der Waals surface area contributed by atoms with Crippen molar-refractivity contribution in [3.05, 3.63) is 22.2 Å². The van der Waals surface area contributed by atoms with Crippen molar-refractivity contribution in [1.29, 1.82) is 0 Å². The molecule has 0 radical (unpaired) electrons. The van der Waals surface area contributed by atoms with E-state index in [4.69, 9.17) is 0 Å². The minimum atomic E-state index is -0.568. The second kappa shape index (κ2) is 3.74. The number of nitro groups is 1. The van der Waals surface area contributed by atoms with Crippen molar-refractivity contribution in [2.45, 2.75) is 0 Å². The number of phenols is 1. The molecule has 2 N–H and O–H groups in total. The van der Waals surface area contributed by atoms with E-state index in [1.807, 2.05) is 0 Å². The molecule has 0 spiro atoms. The molecule has 0 amide bonds. The molecule has 2 aromatic rings. The van der Waals surface area contributed by atoms with E-state index < -0.39 is 4.92 Å². The number of nitrogens with one attached hydrogen (secondary N) is 1. The number of rotatable bonds is 1. The van der Waals surface area contributed by atoms with Crippen LogP contribution in [0.1, 0.15) is 0 Å². The van der Waals surface area contributed by atoms with Gasteiger partial charge < -0.3 is 5.11 Å². The topological polar surface area (TPSA) is 105 Å². The van der Waals surface area contributed by atoms with Crippen LogP contribution in [0.5, 0.6) is 5.75 Å². The Morgan fingerprint density at radius 3 is 2.86 bits per heavy atom. The number of hydrogen-bond acceptors (Lipinski definition) is 5. The van der Waals surface area contributed by atoms with Gasteiger partial charge in [-0.05, 0) is 6.07 Å². The average Bonchev–Trinajstić information content (AvgIpc) is 2.53. The molecule has 0 atom stereocenters. The summed E-state index contributed by atoms with van der Waals surface area (Å²) in [5.74, 6) is -0.130. The van der Waals surface area contributed by atoms with Crippen LogP contribution in [0.2, 0.25) is 0 Å². The largest absolute Gasteiger partial charge is 1.00 e. The van der Waals surface area contributed by atoms with Gasteiger partial charge in [0.25, 0.3) is 5.69 Å². The maximum absolute atomic E-state index is 10.5. The van der Waals surface area contributed by atoms with E-state index in [-0.39, 0.29) is 44.9 Å². The Balaban J connectivity index is 0.000000980. The third kappa shape index (κ3) is 1.48. The first kappa shape index (κ1) is 10.6. The molecule has 2 rings (SSSR count). The Labute approximate surface area is 92.8 Å². The van der Waals surface area contributed by atoms with E-state index in [2.05, 4.69) is 15.4 Å². The van der Waals surface area contributed by atoms with Crippen LogP contribution < -0.4 is 0 Å². The minimum absolute atomic E-state index is 0. The Bertz CT molecular complexity index is 483. The molecule has 1 heterocycles. The van der Waals surface area contributed by atoms with Crippen molar-refractivity contribution < 1.29 is 32.4 Å². The number of H-pyrrole nitrogens is 1.